The van der Waals surface area contributed by atoms with Gasteiger partial charge in [-0.25, -0.2) is 0 Å². The molecule has 1 aliphatic rings. The van der Waals surface area contributed by atoms with E-state index < -0.39 is 6.10 Å². The second kappa shape index (κ2) is 4.91. The van der Waals surface area contributed by atoms with Gasteiger partial charge in [0.05, 0.1) is 12.1 Å². The molecule has 0 spiro atoms. The van der Waals surface area contributed by atoms with E-state index in [0.717, 1.165) is 22.6 Å². The van der Waals surface area contributed by atoms with Crippen LogP contribution in [0.4, 0.5) is 0 Å². The van der Waals surface area contributed by atoms with E-state index in [4.69, 9.17) is 15.2 Å². The lowest BCUT2D eigenvalue weighted by molar-refractivity contribution is 0.138. The maximum absolute atomic E-state index is 9.88. The number of aliphatic hydroxyl groups is 1. The highest BCUT2D eigenvalue weighted by Crippen LogP contribution is 2.37. The Balaban J connectivity index is 2.37. The number of fused-ring (bicyclic) bond motifs is 1. The summed E-state index contributed by atoms with van der Waals surface area (Å²) in [4.78, 5) is 0. The number of hydrogen-bond donors (Lipinski definition) is 3. The second-order valence-electron chi connectivity index (χ2n) is 4.13. The number of ether oxygens (including phenoxy) is 2. The van der Waals surface area contributed by atoms with Crippen LogP contribution in [0.15, 0.2) is 12.1 Å². The monoisotopic (exact) mass is 238 g/mol. The van der Waals surface area contributed by atoms with Crippen molar-refractivity contribution < 1.29 is 14.6 Å². The summed E-state index contributed by atoms with van der Waals surface area (Å²) in [5, 5.41) is 13.0. The van der Waals surface area contributed by atoms with Crippen LogP contribution in [-0.2, 0) is 0 Å². The molecule has 2 atom stereocenters. The molecular formula is C12H18N2O3. The fourth-order valence-electron chi connectivity index (χ4n) is 2.09. The number of rotatable bonds is 4. The lowest BCUT2D eigenvalue weighted by atomic mass is 9.96. The molecule has 1 aromatic rings. The highest BCUT2D eigenvalue weighted by atomic mass is 16.7. The first-order valence-electron chi connectivity index (χ1n) is 5.63. The van der Waals surface area contributed by atoms with Crippen molar-refractivity contribution in [3.63, 3.8) is 0 Å². The van der Waals surface area contributed by atoms with Crippen molar-refractivity contribution in [1.82, 2.24) is 5.32 Å². The summed E-state index contributed by atoms with van der Waals surface area (Å²) in [5.41, 5.74) is 7.53. The summed E-state index contributed by atoms with van der Waals surface area (Å²) >= 11 is 0. The number of aryl methyl sites for hydroxylation is 1. The Hall–Kier alpha value is -1.30. The summed E-state index contributed by atoms with van der Waals surface area (Å²) in [5.74, 6) is 1.47. The Morgan fingerprint density at radius 2 is 2.06 bits per heavy atom. The third-order valence-electron chi connectivity index (χ3n) is 3.03. The van der Waals surface area contributed by atoms with Gasteiger partial charge in [-0.05, 0) is 37.2 Å². The molecular weight excluding hydrogens is 220 g/mol. The Morgan fingerprint density at radius 1 is 1.41 bits per heavy atom. The Bertz CT molecular complexity index is 409. The van der Waals surface area contributed by atoms with Gasteiger partial charge in [-0.3, -0.25) is 0 Å². The number of nitrogens with one attached hydrogen (secondary N) is 1. The predicted octanol–water partition coefficient (Wildman–Crippen LogP) is 0.304. The summed E-state index contributed by atoms with van der Waals surface area (Å²) in [6, 6.07) is 3.62. The minimum absolute atomic E-state index is 0.200. The van der Waals surface area contributed by atoms with Crippen LogP contribution in [0.5, 0.6) is 11.5 Å². The van der Waals surface area contributed by atoms with Crippen molar-refractivity contribution in [2.45, 2.75) is 19.1 Å². The van der Waals surface area contributed by atoms with Gasteiger partial charge in [-0.15, -0.1) is 0 Å². The number of hydrogen-bond acceptors (Lipinski definition) is 5. The predicted molar refractivity (Wildman–Crippen MR) is 64.2 cm³/mol. The summed E-state index contributed by atoms with van der Waals surface area (Å²) in [6.45, 7) is 2.44. The Kier molecular flexibility index (Phi) is 3.51. The zero-order valence-electron chi connectivity index (χ0n) is 10.1. The number of nitrogens with two attached hydrogens (primary N) is 1. The van der Waals surface area contributed by atoms with Crippen LogP contribution in [0.3, 0.4) is 0 Å². The number of aliphatic hydroxyl groups excluding tert-OH is 1. The van der Waals surface area contributed by atoms with E-state index in [1.165, 1.54) is 0 Å². The van der Waals surface area contributed by atoms with E-state index in [2.05, 4.69) is 5.32 Å². The third kappa shape index (κ3) is 2.22. The van der Waals surface area contributed by atoms with Gasteiger partial charge >= 0.3 is 0 Å². The molecule has 0 saturated carbocycles. The SMILES string of the molecule is CNC(c1cc2c(cc1C)OCO2)C(O)CN. The normalized spacial score (nSPS) is 16.9. The number of likely N-dealkylation sites (N-methyl/N-ethyl adjacent to an activating group) is 1. The first-order valence-corrected chi connectivity index (χ1v) is 5.63. The molecule has 4 N–H and O–H groups in total. The summed E-state index contributed by atoms with van der Waals surface area (Å²) < 4.78 is 10.6. The molecule has 0 aliphatic carbocycles. The molecule has 5 heteroatoms. The van der Waals surface area contributed by atoms with Crippen molar-refractivity contribution in [1.29, 1.82) is 0 Å². The van der Waals surface area contributed by atoms with Crippen molar-refractivity contribution in [2.75, 3.05) is 20.4 Å². The fraction of sp³-hybridized carbons (Fsp3) is 0.500. The first-order chi connectivity index (χ1) is 8.17. The first kappa shape index (κ1) is 12.2. The van der Waals surface area contributed by atoms with Gasteiger partial charge in [0.2, 0.25) is 6.79 Å². The molecule has 17 heavy (non-hydrogen) atoms. The van der Waals surface area contributed by atoms with Crippen LogP contribution >= 0.6 is 0 Å². The zero-order valence-corrected chi connectivity index (χ0v) is 10.1. The highest BCUT2D eigenvalue weighted by Gasteiger charge is 2.23. The van der Waals surface area contributed by atoms with Crippen LogP contribution < -0.4 is 20.5 Å². The molecule has 1 heterocycles. The minimum Gasteiger partial charge on any atom is -0.454 e. The Labute approximate surface area is 101 Å². The standard InChI is InChI=1S/C12H18N2O3/c1-7-3-10-11(17-6-16-10)4-8(7)12(14-2)9(15)5-13/h3-4,9,12,14-15H,5-6,13H2,1-2H3. The quantitative estimate of drug-likeness (QED) is 0.703. The molecule has 94 valence electrons. The lowest BCUT2D eigenvalue weighted by Gasteiger charge is -2.23. The minimum atomic E-state index is -0.626. The lowest BCUT2D eigenvalue weighted by Crippen LogP contribution is -2.35. The van der Waals surface area contributed by atoms with E-state index in [0.29, 0.717) is 0 Å². The van der Waals surface area contributed by atoms with E-state index in [9.17, 15) is 5.11 Å². The fourth-order valence-corrected chi connectivity index (χ4v) is 2.09. The smallest absolute Gasteiger partial charge is 0.231 e. The summed E-state index contributed by atoms with van der Waals surface area (Å²) in [7, 11) is 1.80. The van der Waals surface area contributed by atoms with Crippen molar-refractivity contribution in [3.05, 3.63) is 23.3 Å². The third-order valence-corrected chi connectivity index (χ3v) is 3.03. The van der Waals surface area contributed by atoms with E-state index in [1.807, 2.05) is 19.1 Å². The van der Waals surface area contributed by atoms with Gasteiger partial charge in [0, 0.05) is 6.54 Å². The van der Waals surface area contributed by atoms with Crippen molar-refractivity contribution in [2.24, 2.45) is 5.73 Å². The maximum atomic E-state index is 9.88. The maximum Gasteiger partial charge on any atom is 0.231 e. The van der Waals surface area contributed by atoms with Crippen LogP contribution in [-0.4, -0.2) is 31.6 Å². The summed E-state index contributed by atoms with van der Waals surface area (Å²) in [6.07, 6.45) is -0.626. The molecule has 0 saturated heterocycles. The van der Waals surface area contributed by atoms with Gasteiger partial charge in [-0.2, -0.15) is 0 Å². The zero-order chi connectivity index (χ0) is 12.4. The van der Waals surface area contributed by atoms with E-state index in [-0.39, 0.29) is 19.4 Å². The van der Waals surface area contributed by atoms with Gasteiger partial charge in [-0.1, -0.05) is 0 Å². The largest absolute Gasteiger partial charge is 0.454 e. The molecule has 0 bridgehead atoms. The van der Waals surface area contributed by atoms with Gasteiger partial charge in [0.15, 0.2) is 11.5 Å². The second-order valence-corrected chi connectivity index (χ2v) is 4.13. The van der Waals surface area contributed by atoms with Gasteiger partial charge in [0.1, 0.15) is 0 Å². The molecule has 0 fully saturated rings. The van der Waals surface area contributed by atoms with Crippen LogP contribution in [0, 0.1) is 6.92 Å². The molecule has 0 aromatic heterocycles. The number of benzene rings is 1. The van der Waals surface area contributed by atoms with Gasteiger partial charge < -0.3 is 25.6 Å². The molecule has 2 unspecified atom stereocenters. The van der Waals surface area contributed by atoms with Crippen LogP contribution in [0.2, 0.25) is 0 Å². The molecule has 2 rings (SSSR count). The molecule has 1 aliphatic heterocycles. The average Bonchev–Trinajstić information content (AvgIpc) is 2.76. The molecule has 0 amide bonds. The van der Waals surface area contributed by atoms with Crippen molar-refractivity contribution >= 4 is 0 Å². The highest BCUT2D eigenvalue weighted by molar-refractivity contribution is 5.49. The van der Waals surface area contributed by atoms with Gasteiger partial charge in [0.25, 0.3) is 0 Å². The van der Waals surface area contributed by atoms with Crippen LogP contribution in [0.25, 0.3) is 0 Å². The van der Waals surface area contributed by atoms with Crippen molar-refractivity contribution in [3.8, 4) is 11.5 Å². The Morgan fingerprint density at radius 3 is 2.65 bits per heavy atom. The average molecular weight is 238 g/mol. The van der Waals surface area contributed by atoms with Crippen LogP contribution in [0.1, 0.15) is 17.2 Å². The molecule has 0 radical (unpaired) electrons. The van der Waals surface area contributed by atoms with E-state index in [1.54, 1.807) is 7.05 Å². The molecule has 1 aromatic carbocycles. The van der Waals surface area contributed by atoms with E-state index >= 15 is 0 Å². The topological polar surface area (TPSA) is 76.7 Å². The molecule has 5 nitrogen and oxygen atoms in total.